The Kier molecular flexibility index (Phi) is 4.32. The van der Waals surface area contributed by atoms with Crippen LogP contribution in [0.25, 0.3) is 11.0 Å². The zero-order valence-corrected chi connectivity index (χ0v) is 11.4. The van der Waals surface area contributed by atoms with Crippen LogP contribution in [0.5, 0.6) is 0 Å². The zero-order valence-electron chi connectivity index (χ0n) is 9.83. The fourth-order valence-corrected chi connectivity index (χ4v) is 2.18. The van der Waals surface area contributed by atoms with Gasteiger partial charge in [-0.15, -0.1) is 0 Å². The number of halogens is 1. The lowest BCUT2D eigenvalue weighted by Crippen LogP contribution is -2.45. The molecule has 106 valence electrons. The van der Waals surface area contributed by atoms with Crippen LogP contribution in [0.3, 0.4) is 0 Å². The Morgan fingerprint density at radius 3 is 2.80 bits per heavy atom. The number of hydrogen-bond donors (Lipinski definition) is 4. The van der Waals surface area contributed by atoms with E-state index in [1.54, 1.807) is 12.1 Å². The first-order chi connectivity index (χ1) is 9.52. The second-order valence-corrected chi connectivity index (χ2v) is 4.66. The van der Waals surface area contributed by atoms with Gasteiger partial charge in [-0.05, 0) is 12.1 Å². The van der Waals surface area contributed by atoms with Crippen molar-refractivity contribution < 1.29 is 19.8 Å². The number of aliphatic hydroxyl groups excluding tert-OH is 1. The molecular formula is C10H9ClN4O4S. The maximum Gasteiger partial charge on any atom is 0.328 e. The molecule has 0 aliphatic rings. The van der Waals surface area contributed by atoms with Crippen LogP contribution in [0, 0.1) is 0 Å². The molecule has 0 aliphatic carbocycles. The Morgan fingerprint density at radius 1 is 1.40 bits per heavy atom. The number of urea groups is 1. The van der Waals surface area contributed by atoms with E-state index < -0.39 is 24.6 Å². The van der Waals surface area contributed by atoms with Gasteiger partial charge in [0.1, 0.15) is 11.0 Å². The quantitative estimate of drug-likeness (QED) is 0.664. The van der Waals surface area contributed by atoms with Crippen molar-refractivity contribution in [1.82, 2.24) is 14.1 Å². The predicted octanol–water partition coefficient (Wildman–Crippen LogP) is 0.912. The lowest BCUT2D eigenvalue weighted by atomic mass is 10.2. The minimum Gasteiger partial charge on any atom is -0.480 e. The van der Waals surface area contributed by atoms with Gasteiger partial charge in [0, 0.05) is 0 Å². The van der Waals surface area contributed by atoms with Gasteiger partial charge in [0.25, 0.3) is 0 Å². The molecule has 1 aromatic carbocycles. The second-order valence-electron chi connectivity index (χ2n) is 3.73. The molecule has 0 saturated carbocycles. The van der Waals surface area contributed by atoms with E-state index in [1.165, 1.54) is 0 Å². The third-order valence-electron chi connectivity index (χ3n) is 2.40. The molecule has 20 heavy (non-hydrogen) atoms. The Morgan fingerprint density at radius 2 is 2.15 bits per heavy atom. The Bertz CT molecular complexity index is 662. The van der Waals surface area contributed by atoms with Gasteiger partial charge in [-0.25, -0.2) is 9.59 Å². The molecular weight excluding hydrogens is 308 g/mol. The van der Waals surface area contributed by atoms with Gasteiger partial charge in [-0.1, -0.05) is 11.6 Å². The number of hydrogen-bond acceptors (Lipinski definition) is 6. The molecule has 0 saturated heterocycles. The number of benzene rings is 1. The third-order valence-corrected chi connectivity index (χ3v) is 3.26. The Labute approximate surface area is 121 Å². The molecule has 2 aromatic rings. The topological polar surface area (TPSA) is 124 Å². The summed E-state index contributed by atoms with van der Waals surface area (Å²) in [6.45, 7) is -0.723. The highest BCUT2D eigenvalue weighted by atomic mass is 35.5. The number of aliphatic hydroxyl groups is 1. The number of carboxylic acid groups (broad SMARTS) is 1. The smallest absolute Gasteiger partial charge is 0.328 e. The Balaban J connectivity index is 2.19. The monoisotopic (exact) mass is 316 g/mol. The molecule has 10 heteroatoms. The number of carbonyl (C=O) groups excluding carboxylic acids is 1. The molecule has 2 amide bonds. The summed E-state index contributed by atoms with van der Waals surface area (Å²) in [6, 6.07) is 0.981. The van der Waals surface area contributed by atoms with Gasteiger partial charge in [0.2, 0.25) is 0 Å². The van der Waals surface area contributed by atoms with Crippen molar-refractivity contribution in [3.05, 3.63) is 17.2 Å². The first-order valence-corrected chi connectivity index (χ1v) is 6.45. The fraction of sp³-hybridized carbons (Fsp3) is 0.200. The molecule has 0 unspecified atom stereocenters. The van der Waals surface area contributed by atoms with Crippen molar-refractivity contribution in [2.45, 2.75) is 6.04 Å². The van der Waals surface area contributed by atoms with Crippen LogP contribution in [-0.4, -0.2) is 43.6 Å². The largest absolute Gasteiger partial charge is 0.480 e. The number of carbonyl (C=O) groups is 2. The normalized spacial score (nSPS) is 12.1. The average Bonchev–Trinajstić information content (AvgIpc) is 2.87. The first-order valence-electron chi connectivity index (χ1n) is 5.35. The second kappa shape index (κ2) is 5.99. The number of anilines is 1. The van der Waals surface area contributed by atoms with Gasteiger partial charge < -0.3 is 20.8 Å². The number of fused-ring (bicyclic) bond motifs is 1. The van der Waals surface area contributed by atoms with Crippen LogP contribution in [-0.2, 0) is 4.79 Å². The van der Waals surface area contributed by atoms with Crippen molar-refractivity contribution in [2.24, 2.45) is 0 Å². The van der Waals surface area contributed by atoms with E-state index in [2.05, 4.69) is 19.4 Å². The van der Waals surface area contributed by atoms with Gasteiger partial charge in [0.05, 0.1) is 29.0 Å². The summed E-state index contributed by atoms with van der Waals surface area (Å²) in [5.74, 6) is -1.35. The highest BCUT2D eigenvalue weighted by molar-refractivity contribution is 7.00. The maximum absolute atomic E-state index is 11.7. The summed E-state index contributed by atoms with van der Waals surface area (Å²) in [5.41, 5.74) is 1.21. The zero-order chi connectivity index (χ0) is 14.7. The van der Waals surface area contributed by atoms with E-state index in [1.807, 2.05) is 0 Å². The van der Waals surface area contributed by atoms with Gasteiger partial charge >= 0.3 is 12.0 Å². The van der Waals surface area contributed by atoms with Crippen molar-refractivity contribution in [2.75, 3.05) is 11.9 Å². The standard InChI is InChI=1S/C10H9ClN4O4S/c11-4-1-2-5-8(15-20-14-5)7(4)13-10(19)12-6(3-16)9(17)18/h1-2,6,16H,3H2,(H,17,18)(H2,12,13,19)/t6-/m0/s1. The highest BCUT2D eigenvalue weighted by Crippen LogP contribution is 2.29. The molecule has 0 spiro atoms. The van der Waals surface area contributed by atoms with E-state index in [9.17, 15) is 9.59 Å². The minimum absolute atomic E-state index is 0.234. The number of aromatic nitrogens is 2. The number of nitrogens with one attached hydrogen (secondary N) is 2. The van der Waals surface area contributed by atoms with Crippen LogP contribution in [0.4, 0.5) is 10.5 Å². The summed E-state index contributed by atoms with van der Waals surface area (Å²) in [4.78, 5) is 22.4. The summed E-state index contributed by atoms with van der Waals surface area (Å²) < 4.78 is 8.00. The summed E-state index contributed by atoms with van der Waals surface area (Å²) in [5, 5.41) is 22.3. The van der Waals surface area contributed by atoms with Crippen molar-refractivity contribution in [1.29, 1.82) is 0 Å². The molecule has 8 nitrogen and oxygen atoms in total. The number of carboxylic acids is 1. The van der Waals surface area contributed by atoms with Crippen LogP contribution in [0.1, 0.15) is 0 Å². The van der Waals surface area contributed by atoms with Gasteiger partial charge in [-0.2, -0.15) is 8.75 Å². The van der Waals surface area contributed by atoms with Gasteiger partial charge in [0.15, 0.2) is 6.04 Å². The Hall–Kier alpha value is -1.97. The SMILES string of the molecule is O=C(Nc1c(Cl)ccc2nsnc12)N[C@@H](CO)C(=O)O. The van der Waals surface area contributed by atoms with Crippen molar-refractivity contribution >= 4 is 52.1 Å². The molecule has 0 aliphatic heterocycles. The van der Waals surface area contributed by atoms with E-state index in [4.69, 9.17) is 21.8 Å². The van der Waals surface area contributed by atoms with Gasteiger partial charge in [-0.3, -0.25) is 0 Å². The molecule has 1 heterocycles. The molecule has 4 N–H and O–H groups in total. The van der Waals surface area contributed by atoms with Crippen LogP contribution >= 0.6 is 23.3 Å². The summed E-state index contributed by atoms with van der Waals surface area (Å²) in [7, 11) is 0. The fourth-order valence-electron chi connectivity index (χ4n) is 1.44. The van der Waals surface area contributed by atoms with E-state index in [-0.39, 0.29) is 10.7 Å². The molecule has 1 aromatic heterocycles. The maximum atomic E-state index is 11.7. The number of rotatable bonds is 4. The van der Waals surface area contributed by atoms with Crippen LogP contribution < -0.4 is 10.6 Å². The molecule has 2 rings (SSSR count). The van der Waals surface area contributed by atoms with E-state index >= 15 is 0 Å². The summed E-state index contributed by atoms with van der Waals surface area (Å²) in [6.07, 6.45) is 0. The molecule has 1 atom stereocenters. The van der Waals surface area contributed by atoms with Crippen LogP contribution in [0.2, 0.25) is 5.02 Å². The predicted molar refractivity (Wildman–Crippen MR) is 73.1 cm³/mol. The average molecular weight is 317 g/mol. The third kappa shape index (κ3) is 2.95. The highest BCUT2D eigenvalue weighted by Gasteiger charge is 2.20. The molecule has 0 bridgehead atoms. The lowest BCUT2D eigenvalue weighted by molar-refractivity contribution is -0.140. The number of nitrogens with zero attached hydrogens (tertiary/aromatic N) is 2. The van der Waals surface area contributed by atoms with E-state index in [0.29, 0.717) is 11.0 Å². The summed E-state index contributed by atoms with van der Waals surface area (Å²) >= 11 is 6.93. The van der Waals surface area contributed by atoms with Crippen molar-refractivity contribution in [3.63, 3.8) is 0 Å². The minimum atomic E-state index is -1.40. The van der Waals surface area contributed by atoms with Crippen LogP contribution in [0.15, 0.2) is 12.1 Å². The lowest BCUT2D eigenvalue weighted by Gasteiger charge is -2.13. The molecule has 0 radical (unpaired) electrons. The molecule has 0 fully saturated rings. The number of amides is 2. The van der Waals surface area contributed by atoms with Crippen molar-refractivity contribution in [3.8, 4) is 0 Å². The van der Waals surface area contributed by atoms with E-state index in [0.717, 1.165) is 11.7 Å². The number of aliphatic carboxylic acids is 1. The first kappa shape index (κ1) is 14.4.